The lowest BCUT2D eigenvalue weighted by Crippen LogP contribution is -2.38. The average molecular weight is 252 g/mol. The van der Waals surface area contributed by atoms with Crippen molar-refractivity contribution in [2.75, 3.05) is 26.3 Å². The quantitative estimate of drug-likeness (QED) is 0.762. The molecule has 0 spiro atoms. The van der Waals surface area contributed by atoms with Gasteiger partial charge in [0.25, 0.3) is 0 Å². The number of benzene rings is 1. The summed E-state index contributed by atoms with van der Waals surface area (Å²) in [6.07, 6.45) is 2.94. The van der Waals surface area contributed by atoms with Crippen molar-refractivity contribution in [3.63, 3.8) is 0 Å². The Morgan fingerprint density at radius 1 is 1.29 bits per heavy atom. The maximum atomic E-state index is 5.93. The molecule has 0 N–H and O–H groups in total. The standard InChI is InChI=1S/C14H18ClNO/c1-2-3-14(16-8-10-17-11-9-16)12-4-6-13(15)7-5-12/h2,4-7,14H,1,3,8-11H2. The van der Waals surface area contributed by atoms with Gasteiger partial charge < -0.3 is 4.74 Å². The Morgan fingerprint density at radius 2 is 1.94 bits per heavy atom. The minimum atomic E-state index is 0.397. The molecule has 1 saturated heterocycles. The molecule has 2 nitrogen and oxygen atoms in total. The summed E-state index contributed by atoms with van der Waals surface area (Å²) >= 11 is 5.93. The lowest BCUT2D eigenvalue weighted by molar-refractivity contribution is 0.0166. The van der Waals surface area contributed by atoms with Gasteiger partial charge in [0.05, 0.1) is 13.2 Å². The first-order valence-electron chi connectivity index (χ1n) is 5.99. The molecule has 2 rings (SSSR count). The summed E-state index contributed by atoms with van der Waals surface area (Å²) in [7, 11) is 0. The highest BCUT2D eigenvalue weighted by Gasteiger charge is 2.21. The Labute approximate surface area is 108 Å². The minimum absolute atomic E-state index is 0.397. The van der Waals surface area contributed by atoms with Crippen molar-refractivity contribution in [2.45, 2.75) is 12.5 Å². The molecule has 0 saturated carbocycles. The fourth-order valence-corrected chi connectivity index (χ4v) is 2.35. The van der Waals surface area contributed by atoms with Gasteiger partial charge >= 0.3 is 0 Å². The number of halogens is 1. The Kier molecular flexibility index (Phi) is 4.60. The summed E-state index contributed by atoms with van der Waals surface area (Å²) in [5.41, 5.74) is 1.30. The molecular weight excluding hydrogens is 234 g/mol. The number of hydrogen-bond donors (Lipinski definition) is 0. The van der Waals surface area contributed by atoms with Gasteiger partial charge in [-0.1, -0.05) is 29.8 Å². The maximum absolute atomic E-state index is 5.93. The van der Waals surface area contributed by atoms with E-state index < -0.39 is 0 Å². The molecule has 1 aromatic carbocycles. The minimum Gasteiger partial charge on any atom is -0.379 e. The van der Waals surface area contributed by atoms with E-state index in [1.54, 1.807) is 0 Å². The van der Waals surface area contributed by atoms with Gasteiger partial charge in [-0.15, -0.1) is 6.58 Å². The van der Waals surface area contributed by atoms with Gasteiger partial charge in [0.2, 0.25) is 0 Å². The van der Waals surface area contributed by atoms with Gasteiger partial charge in [-0.05, 0) is 24.1 Å². The largest absolute Gasteiger partial charge is 0.379 e. The van der Waals surface area contributed by atoms with E-state index in [9.17, 15) is 0 Å². The highest BCUT2D eigenvalue weighted by Crippen LogP contribution is 2.26. The molecule has 3 heteroatoms. The molecule has 1 aliphatic heterocycles. The first kappa shape index (κ1) is 12.6. The Bertz CT molecular complexity index is 357. The zero-order valence-corrected chi connectivity index (χ0v) is 10.7. The predicted octanol–water partition coefficient (Wildman–Crippen LogP) is 3.29. The Balaban J connectivity index is 2.15. The van der Waals surface area contributed by atoms with Crippen molar-refractivity contribution in [2.24, 2.45) is 0 Å². The predicted molar refractivity (Wildman–Crippen MR) is 71.4 cm³/mol. The Morgan fingerprint density at radius 3 is 2.53 bits per heavy atom. The van der Waals surface area contributed by atoms with Crippen molar-refractivity contribution in [3.05, 3.63) is 47.5 Å². The lowest BCUT2D eigenvalue weighted by Gasteiger charge is -2.34. The number of nitrogens with zero attached hydrogens (tertiary/aromatic N) is 1. The van der Waals surface area contributed by atoms with Crippen LogP contribution < -0.4 is 0 Å². The van der Waals surface area contributed by atoms with Crippen LogP contribution in [-0.2, 0) is 4.74 Å². The van der Waals surface area contributed by atoms with Gasteiger partial charge in [-0.25, -0.2) is 0 Å². The highest BCUT2D eigenvalue weighted by atomic mass is 35.5. The molecule has 0 aliphatic carbocycles. The third kappa shape index (κ3) is 3.32. The molecular formula is C14H18ClNO. The van der Waals surface area contributed by atoms with Crippen molar-refractivity contribution in [3.8, 4) is 0 Å². The molecule has 0 bridgehead atoms. The van der Waals surface area contributed by atoms with Crippen LogP contribution in [0.5, 0.6) is 0 Å². The molecule has 0 amide bonds. The fraction of sp³-hybridized carbons (Fsp3) is 0.429. The van der Waals surface area contributed by atoms with E-state index in [2.05, 4.69) is 23.6 Å². The molecule has 92 valence electrons. The first-order chi connectivity index (χ1) is 8.31. The molecule has 0 aromatic heterocycles. The fourth-order valence-electron chi connectivity index (χ4n) is 2.23. The summed E-state index contributed by atoms with van der Waals surface area (Å²) in [6, 6.07) is 8.51. The van der Waals surface area contributed by atoms with Crippen LogP contribution >= 0.6 is 11.6 Å². The third-order valence-corrected chi connectivity index (χ3v) is 3.38. The average Bonchev–Trinajstić information content (AvgIpc) is 2.38. The van der Waals surface area contributed by atoms with Crippen LogP contribution in [0.15, 0.2) is 36.9 Å². The van der Waals surface area contributed by atoms with Crippen molar-refractivity contribution in [1.82, 2.24) is 4.90 Å². The van der Waals surface area contributed by atoms with Gasteiger partial charge in [-0.3, -0.25) is 4.90 Å². The number of hydrogen-bond acceptors (Lipinski definition) is 2. The lowest BCUT2D eigenvalue weighted by atomic mass is 10.0. The van der Waals surface area contributed by atoms with E-state index in [1.165, 1.54) is 5.56 Å². The van der Waals surface area contributed by atoms with Gasteiger partial charge in [0, 0.05) is 24.2 Å². The molecule has 1 heterocycles. The number of rotatable bonds is 4. The monoisotopic (exact) mass is 251 g/mol. The zero-order chi connectivity index (χ0) is 12.1. The molecule has 0 radical (unpaired) electrons. The first-order valence-corrected chi connectivity index (χ1v) is 6.37. The van der Waals surface area contributed by atoms with E-state index in [-0.39, 0.29) is 0 Å². The van der Waals surface area contributed by atoms with Crippen molar-refractivity contribution in [1.29, 1.82) is 0 Å². The van der Waals surface area contributed by atoms with E-state index in [1.807, 2.05) is 18.2 Å². The van der Waals surface area contributed by atoms with Gasteiger partial charge in [0.15, 0.2) is 0 Å². The zero-order valence-electron chi connectivity index (χ0n) is 9.94. The van der Waals surface area contributed by atoms with Crippen LogP contribution in [-0.4, -0.2) is 31.2 Å². The van der Waals surface area contributed by atoms with Crippen LogP contribution in [0.25, 0.3) is 0 Å². The van der Waals surface area contributed by atoms with Crippen LogP contribution in [0.3, 0.4) is 0 Å². The van der Waals surface area contributed by atoms with Crippen LogP contribution in [0.2, 0.25) is 5.02 Å². The van der Waals surface area contributed by atoms with E-state index in [0.717, 1.165) is 37.7 Å². The topological polar surface area (TPSA) is 12.5 Å². The summed E-state index contributed by atoms with van der Waals surface area (Å²) < 4.78 is 5.39. The van der Waals surface area contributed by atoms with Crippen molar-refractivity contribution >= 4 is 11.6 Å². The second kappa shape index (κ2) is 6.20. The highest BCUT2D eigenvalue weighted by molar-refractivity contribution is 6.30. The van der Waals surface area contributed by atoms with Crippen LogP contribution in [0.4, 0.5) is 0 Å². The summed E-state index contributed by atoms with van der Waals surface area (Å²) in [6.45, 7) is 7.47. The molecule has 1 fully saturated rings. The number of ether oxygens (including phenoxy) is 1. The molecule has 17 heavy (non-hydrogen) atoms. The van der Waals surface area contributed by atoms with E-state index >= 15 is 0 Å². The molecule has 1 aromatic rings. The maximum Gasteiger partial charge on any atom is 0.0594 e. The van der Waals surface area contributed by atoms with Crippen molar-refractivity contribution < 1.29 is 4.74 Å². The third-order valence-electron chi connectivity index (χ3n) is 3.13. The van der Waals surface area contributed by atoms with E-state index in [0.29, 0.717) is 6.04 Å². The second-order valence-electron chi connectivity index (χ2n) is 4.24. The van der Waals surface area contributed by atoms with Crippen LogP contribution in [0, 0.1) is 0 Å². The SMILES string of the molecule is C=CCC(c1ccc(Cl)cc1)N1CCOCC1. The molecule has 1 atom stereocenters. The summed E-state index contributed by atoms with van der Waals surface area (Å²) in [5.74, 6) is 0. The molecule has 1 aliphatic rings. The number of morpholine rings is 1. The second-order valence-corrected chi connectivity index (χ2v) is 4.68. The van der Waals surface area contributed by atoms with Gasteiger partial charge in [0.1, 0.15) is 0 Å². The smallest absolute Gasteiger partial charge is 0.0594 e. The normalized spacial score (nSPS) is 18.9. The summed E-state index contributed by atoms with van der Waals surface area (Å²) in [5, 5.41) is 0.785. The van der Waals surface area contributed by atoms with Crippen LogP contribution in [0.1, 0.15) is 18.0 Å². The van der Waals surface area contributed by atoms with E-state index in [4.69, 9.17) is 16.3 Å². The van der Waals surface area contributed by atoms with Gasteiger partial charge in [-0.2, -0.15) is 0 Å². The molecule has 1 unspecified atom stereocenters. The Hall–Kier alpha value is -0.830. The summed E-state index contributed by atoms with van der Waals surface area (Å²) in [4.78, 5) is 2.45.